The Bertz CT molecular complexity index is 1370. The second kappa shape index (κ2) is 10.9. The van der Waals surface area contributed by atoms with Crippen LogP contribution in [0.2, 0.25) is 5.02 Å². The zero-order valence-corrected chi connectivity index (χ0v) is 22.7. The minimum absolute atomic E-state index is 0.0335. The van der Waals surface area contributed by atoms with Crippen LogP contribution in [0.25, 0.3) is 0 Å². The van der Waals surface area contributed by atoms with Crippen molar-refractivity contribution in [3.8, 4) is 0 Å². The van der Waals surface area contributed by atoms with Crippen molar-refractivity contribution in [2.45, 2.75) is 45.5 Å². The monoisotopic (exact) mass is 590 g/mol. The lowest BCUT2D eigenvalue weighted by molar-refractivity contribution is -0.173. The fourth-order valence-corrected chi connectivity index (χ4v) is 6.15. The number of anilines is 2. The minimum Gasteiger partial charge on any atom is -0.462 e. The maximum absolute atomic E-state index is 14.0. The highest BCUT2D eigenvalue weighted by Crippen LogP contribution is 2.47. The highest BCUT2D eigenvalue weighted by Gasteiger charge is 2.48. The molecule has 0 fully saturated rings. The van der Waals surface area contributed by atoms with Crippen LogP contribution in [0.5, 0.6) is 0 Å². The largest absolute Gasteiger partial charge is 0.462 e. The van der Waals surface area contributed by atoms with Crippen LogP contribution in [0.1, 0.15) is 73.3 Å². The van der Waals surface area contributed by atoms with Crippen molar-refractivity contribution in [1.82, 2.24) is 9.78 Å². The molecule has 38 heavy (non-hydrogen) atoms. The average molecular weight is 591 g/mol. The summed E-state index contributed by atoms with van der Waals surface area (Å²) in [6.07, 6.45) is -5.01. The van der Waals surface area contributed by atoms with Crippen LogP contribution in [0.15, 0.2) is 17.5 Å². The van der Waals surface area contributed by atoms with E-state index in [1.807, 2.05) is 0 Å². The summed E-state index contributed by atoms with van der Waals surface area (Å²) in [6, 6.07) is 0.715. The molecule has 9 nitrogen and oxygen atoms in total. The number of halogens is 4. The second-order valence-electron chi connectivity index (χ2n) is 8.12. The molecule has 0 spiro atoms. The van der Waals surface area contributed by atoms with E-state index in [9.17, 15) is 27.6 Å². The van der Waals surface area contributed by atoms with Crippen molar-refractivity contribution in [1.29, 1.82) is 0 Å². The number of hydrogen-bond acceptors (Lipinski definition) is 9. The molecule has 0 aliphatic carbocycles. The van der Waals surface area contributed by atoms with Gasteiger partial charge in [-0.15, -0.1) is 22.7 Å². The van der Waals surface area contributed by atoms with Crippen LogP contribution in [0, 0.1) is 6.92 Å². The molecule has 4 heterocycles. The van der Waals surface area contributed by atoms with Crippen molar-refractivity contribution in [3.05, 3.63) is 49.1 Å². The minimum atomic E-state index is -4.66. The first-order valence-electron chi connectivity index (χ1n) is 11.4. The molecule has 0 bridgehead atoms. The Morgan fingerprint density at radius 2 is 1.92 bits per heavy atom. The number of nitrogens with zero attached hydrogens (tertiary/aromatic N) is 2. The van der Waals surface area contributed by atoms with Gasteiger partial charge in [0.2, 0.25) is 0 Å². The van der Waals surface area contributed by atoms with Gasteiger partial charge in [-0.3, -0.25) is 4.79 Å². The van der Waals surface area contributed by atoms with Gasteiger partial charge < -0.3 is 20.1 Å². The van der Waals surface area contributed by atoms with Gasteiger partial charge >= 0.3 is 18.1 Å². The molecular weight excluding hydrogens is 569 g/mol. The first kappa shape index (κ1) is 27.9. The predicted octanol–water partition coefficient (Wildman–Crippen LogP) is 6.23. The lowest BCUT2D eigenvalue weighted by atomic mass is 10.0. The van der Waals surface area contributed by atoms with Crippen LogP contribution in [0.3, 0.4) is 0 Å². The third kappa shape index (κ3) is 5.24. The van der Waals surface area contributed by atoms with E-state index in [4.69, 9.17) is 21.1 Å². The Morgan fingerprint density at radius 1 is 1.24 bits per heavy atom. The predicted molar refractivity (Wildman–Crippen MR) is 137 cm³/mol. The van der Waals surface area contributed by atoms with E-state index in [1.54, 1.807) is 31.4 Å². The number of nitrogens with one attached hydrogen (secondary N) is 2. The van der Waals surface area contributed by atoms with Gasteiger partial charge in [-0.25, -0.2) is 14.3 Å². The van der Waals surface area contributed by atoms with E-state index >= 15 is 0 Å². The van der Waals surface area contributed by atoms with Crippen LogP contribution in [-0.4, -0.2) is 47.0 Å². The Morgan fingerprint density at radius 3 is 2.53 bits per heavy atom. The average Bonchev–Trinajstić information content (AvgIpc) is 3.57. The summed E-state index contributed by atoms with van der Waals surface area (Å²) in [5.41, 5.74) is -0.318. The summed E-state index contributed by atoms with van der Waals surface area (Å²) in [7, 11) is 0. The summed E-state index contributed by atoms with van der Waals surface area (Å²) in [6.45, 7) is 4.82. The molecule has 0 saturated heterocycles. The number of ether oxygens (including phenoxy) is 2. The van der Waals surface area contributed by atoms with Gasteiger partial charge in [0.1, 0.15) is 20.7 Å². The Labute approximate surface area is 227 Å². The molecule has 4 rings (SSSR count). The fraction of sp³-hybridized carbons (Fsp3) is 0.391. The highest BCUT2D eigenvalue weighted by molar-refractivity contribution is 7.18. The molecule has 1 aliphatic heterocycles. The van der Waals surface area contributed by atoms with Crippen molar-refractivity contribution in [2.24, 2.45) is 0 Å². The molecule has 0 radical (unpaired) electrons. The van der Waals surface area contributed by atoms with Gasteiger partial charge in [-0.1, -0.05) is 17.7 Å². The molecule has 3 aromatic rings. The zero-order valence-electron chi connectivity index (χ0n) is 20.3. The molecule has 3 aromatic heterocycles. The SMILES string of the molecule is CCOC(=O)c1sc(NC(=O)c2nn3c(c2Cl)N[C@H](c2cccs2)C[C@H]3C(F)(F)F)c(C(=O)OCC)c1C. The maximum Gasteiger partial charge on any atom is 0.410 e. The number of carbonyl (C=O) groups is 3. The van der Waals surface area contributed by atoms with Crippen LogP contribution in [-0.2, 0) is 9.47 Å². The number of aromatic nitrogens is 2. The molecule has 1 aliphatic rings. The lowest BCUT2D eigenvalue weighted by Gasteiger charge is -2.32. The fourth-order valence-electron chi connectivity index (χ4n) is 4.01. The quantitative estimate of drug-likeness (QED) is 0.314. The summed E-state index contributed by atoms with van der Waals surface area (Å²) in [5.74, 6) is -2.60. The third-order valence-electron chi connectivity index (χ3n) is 5.71. The smallest absolute Gasteiger partial charge is 0.410 e. The van der Waals surface area contributed by atoms with Crippen molar-refractivity contribution in [2.75, 3.05) is 23.8 Å². The van der Waals surface area contributed by atoms with Gasteiger partial charge in [0.15, 0.2) is 11.7 Å². The van der Waals surface area contributed by atoms with E-state index in [0.717, 1.165) is 11.3 Å². The van der Waals surface area contributed by atoms with Gasteiger partial charge in [-0.2, -0.15) is 18.3 Å². The number of fused-ring (bicyclic) bond motifs is 1. The molecule has 2 atom stereocenters. The van der Waals surface area contributed by atoms with Crippen LogP contribution >= 0.6 is 34.3 Å². The zero-order chi connectivity index (χ0) is 27.8. The molecule has 2 N–H and O–H groups in total. The number of thiophene rings is 2. The van der Waals surface area contributed by atoms with Crippen LogP contribution < -0.4 is 10.6 Å². The Balaban J connectivity index is 1.72. The molecular formula is C23H22ClF3N4O5S2. The molecule has 1 amide bonds. The number of esters is 2. The number of hydrogen-bond donors (Lipinski definition) is 2. The van der Waals surface area contributed by atoms with Crippen molar-refractivity contribution in [3.63, 3.8) is 0 Å². The van der Waals surface area contributed by atoms with E-state index in [1.165, 1.54) is 18.3 Å². The molecule has 0 saturated carbocycles. The summed E-state index contributed by atoms with van der Waals surface area (Å²) in [4.78, 5) is 39.0. The second-order valence-corrected chi connectivity index (χ2v) is 10.5. The molecule has 0 unspecified atom stereocenters. The maximum atomic E-state index is 14.0. The number of rotatable bonds is 7. The summed E-state index contributed by atoms with van der Waals surface area (Å²) in [5, 5.41) is 10.7. The third-order valence-corrected chi connectivity index (χ3v) is 8.24. The van der Waals surface area contributed by atoms with Gasteiger partial charge in [0, 0.05) is 11.3 Å². The number of carbonyl (C=O) groups excluding carboxylic acids is 3. The Kier molecular flexibility index (Phi) is 8.04. The summed E-state index contributed by atoms with van der Waals surface area (Å²) >= 11 is 8.46. The summed E-state index contributed by atoms with van der Waals surface area (Å²) < 4.78 is 52.8. The first-order valence-corrected chi connectivity index (χ1v) is 13.5. The van der Waals surface area contributed by atoms with Crippen molar-refractivity contribution < 1.29 is 37.0 Å². The van der Waals surface area contributed by atoms with E-state index in [2.05, 4.69) is 15.7 Å². The molecule has 204 valence electrons. The van der Waals surface area contributed by atoms with Crippen LogP contribution in [0.4, 0.5) is 24.0 Å². The van der Waals surface area contributed by atoms with Gasteiger partial charge in [0.25, 0.3) is 5.91 Å². The number of alkyl halides is 3. The van der Waals surface area contributed by atoms with E-state index in [-0.39, 0.29) is 51.5 Å². The lowest BCUT2D eigenvalue weighted by Crippen LogP contribution is -2.35. The van der Waals surface area contributed by atoms with Gasteiger partial charge in [0.05, 0.1) is 24.8 Å². The Hall–Kier alpha value is -3.10. The highest BCUT2D eigenvalue weighted by atomic mass is 35.5. The number of amides is 1. The standard InChI is InChI=1S/C23H22ClF3N4O5S2/c1-4-35-21(33)14-10(3)17(22(34)36-5-2)38-20(14)29-19(32)16-15(24)18-28-11(12-7-6-8-37-12)9-13(23(25,26)27)31(18)30-16/h6-8,11,13,28H,4-5,9H2,1-3H3,(H,29,32)/t11-,13-/m0/s1. The first-order chi connectivity index (χ1) is 18.0. The topological polar surface area (TPSA) is 112 Å². The van der Waals surface area contributed by atoms with E-state index in [0.29, 0.717) is 9.56 Å². The van der Waals surface area contributed by atoms with E-state index < -0.39 is 41.8 Å². The molecule has 15 heteroatoms. The molecule has 0 aromatic carbocycles. The van der Waals surface area contributed by atoms with Gasteiger partial charge in [-0.05, 0) is 37.8 Å². The van der Waals surface area contributed by atoms with Crippen molar-refractivity contribution >= 4 is 62.9 Å². The normalized spacial score (nSPS) is 16.9.